The van der Waals surface area contributed by atoms with Crippen LogP contribution in [0.4, 0.5) is 5.82 Å². The molecule has 1 aliphatic rings. The number of aryl methyl sites for hydroxylation is 1. The number of aromatic nitrogens is 1. The Labute approximate surface area is 117 Å². The third-order valence-corrected chi connectivity index (χ3v) is 4.20. The first-order valence-electron chi connectivity index (χ1n) is 7.53. The van der Waals surface area contributed by atoms with E-state index >= 15 is 0 Å². The summed E-state index contributed by atoms with van der Waals surface area (Å²) in [5, 5.41) is 3.19. The molecule has 3 heteroatoms. The Hall–Kier alpha value is -1.09. The van der Waals surface area contributed by atoms with Crippen molar-refractivity contribution in [2.45, 2.75) is 45.6 Å². The van der Waals surface area contributed by atoms with Gasteiger partial charge in [0, 0.05) is 25.8 Å². The predicted molar refractivity (Wildman–Crippen MR) is 81.6 cm³/mol. The maximum Gasteiger partial charge on any atom is 0.128 e. The van der Waals surface area contributed by atoms with Gasteiger partial charge in [-0.2, -0.15) is 0 Å². The zero-order valence-corrected chi connectivity index (χ0v) is 12.6. The maximum atomic E-state index is 4.74. The molecule has 1 heterocycles. The van der Waals surface area contributed by atoms with Crippen LogP contribution in [0.15, 0.2) is 12.1 Å². The van der Waals surface area contributed by atoms with Crippen molar-refractivity contribution in [2.75, 3.05) is 25.5 Å². The number of hydrogen-bond donors (Lipinski definition) is 1. The highest BCUT2D eigenvalue weighted by Gasteiger charge is 2.16. The molecule has 0 radical (unpaired) electrons. The minimum atomic E-state index is 0.859. The van der Waals surface area contributed by atoms with Gasteiger partial charge in [-0.05, 0) is 44.4 Å². The SMILES string of the molecule is CNCc1ccc(N(C)CC2CCCCC2)nc1C. The molecule has 3 nitrogen and oxygen atoms in total. The number of hydrogen-bond acceptors (Lipinski definition) is 3. The Kier molecular flexibility index (Phi) is 5.20. The second-order valence-electron chi connectivity index (χ2n) is 5.83. The van der Waals surface area contributed by atoms with Crippen molar-refractivity contribution < 1.29 is 0 Å². The number of anilines is 1. The molecule has 0 saturated heterocycles. The third kappa shape index (κ3) is 3.93. The average Bonchev–Trinajstić information content (AvgIpc) is 2.42. The van der Waals surface area contributed by atoms with Gasteiger partial charge >= 0.3 is 0 Å². The molecule has 1 fully saturated rings. The standard InChI is InChI=1S/C16H27N3/c1-13-15(11-17-2)9-10-16(18-13)19(3)12-14-7-5-4-6-8-14/h9-10,14,17H,4-8,11-12H2,1-3H3. The monoisotopic (exact) mass is 261 g/mol. The summed E-state index contributed by atoms with van der Waals surface area (Å²) in [6, 6.07) is 4.36. The predicted octanol–water partition coefficient (Wildman–Crippen LogP) is 3.13. The lowest BCUT2D eigenvalue weighted by Crippen LogP contribution is -2.27. The van der Waals surface area contributed by atoms with Crippen molar-refractivity contribution >= 4 is 5.82 Å². The van der Waals surface area contributed by atoms with Gasteiger partial charge in [-0.25, -0.2) is 4.98 Å². The fourth-order valence-corrected chi connectivity index (χ4v) is 3.02. The molecule has 1 aliphatic carbocycles. The topological polar surface area (TPSA) is 28.2 Å². The Morgan fingerprint density at radius 3 is 2.63 bits per heavy atom. The molecule has 1 aromatic rings. The van der Waals surface area contributed by atoms with Gasteiger partial charge in [0.15, 0.2) is 0 Å². The summed E-state index contributed by atoms with van der Waals surface area (Å²) in [7, 11) is 4.15. The first kappa shape index (κ1) is 14.3. The lowest BCUT2D eigenvalue weighted by Gasteiger charge is -2.28. The molecule has 0 amide bonds. The molecular weight excluding hydrogens is 234 g/mol. The summed E-state index contributed by atoms with van der Waals surface area (Å²) >= 11 is 0. The molecule has 1 N–H and O–H groups in total. The summed E-state index contributed by atoms with van der Waals surface area (Å²) < 4.78 is 0. The van der Waals surface area contributed by atoms with Gasteiger partial charge in [0.05, 0.1) is 0 Å². The maximum absolute atomic E-state index is 4.74. The number of pyridine rings is 1. The Morgan fingerprint density at radius 2 is 2.00 bits per heavy atom. The minimum absolute atomic E-state index is 0.859. The molecule has 0 bridgehead atoms. The summed E-state index contributed by atoms with van der Waals surface area (Å²) in [6.07, 6.45) is 7.02. The highest BCUT2D eigenvalue weighted by Crippen LogP contribution is 2.25. The van der Waals surface area contributed by atoms with Crippen LogP contribution in [-0.4, -0.2) is 25.6 Å². The molecule has 1 saturated carbocycles. The zero-order chi connectivity index (χ0) is 13.7. The highest BCUT2D eigenvalue weighted by molar-refractivity contribution is 5.40. The summed E-state index contributed by atoms with van der Waals surface area (Å²) in [5.74, 6) is 1.97. The molecule has 19 heavy (non-hydrogen) atoms. The van der Waals surface area contributed by atoms with Crippen LogP contribution in [0.5, 0.6) is 0 Å². The van der Waals surface area contributed by atoms with Crippen molar-refractivity contribution in [3.8, 4) is 0 Å². The van der Waals surface area contributed by atoms with Crippen LogP contribution in [0.25, 0.3) is 0 Å². The van der Waals surface area contributed by atoms with Crippen molar-refractivity contribution in [1.29, 1.82) is 0 Å². The fraction of sp³-hybridized carbons (Fsp3) is 0.688. The fourth-order valence-electron chi connectivity index (χ4n) is 3.02. The second-order valence-corrected chi connectivity index (χ2v) is 5.83. The summed E-state index contributed by atoms with van der Waals surface area (Å²) in [6.45, 7) is 4.15. The van der Waals surface area contributed by atoms with E-state index in [9.17, 15) is 0 Å². The highest BCUT2D eigenvalue weighted by atomic mass is 15.2. The Balaban J connectivity index is 1.98. The van der Waals surface area contributed by atoms with E-state index in [2.05, 4.69) is 36.3 Å². The molecule has 0 unspecified atom stereocenters. The van der Waals surface area contributed by atoms with Gasteiger partial charge in [0.1, 0.15) is 5.82 Å². The molecular formula is C16H27N3. The van der Waals surface area contributed by atoms with Crippen LogP contribution in [-0.2, 0) is 6.54 Å². The van der Waals surface area contributed by atoms with Crippen LogP contribution >= 0.6 is 0 Å². The molecule has 2 rings (SSSR count). The van der Waals surface area contributed by atoms with Crippen LogP contribution in [0.3, 0.4) is 0 Å². The van der Waals surface area contributed by atoms with Crippen LogP contribution in [0.2, 0.25) is 0 Å². The molecule has 0 aliphatic heterocycles. The smallest absolute Gasteiger partial charge is 0.128 e. The summed E-state index contributed by atoms with van der Waals surface area (Å²) in [5.41, 5.74) is 2.43. The number of rotatable bonds is 5. The number of nitrogens with one attached hydrogen (secondary N) is 1. The summed E-state index contributed by atoms with van der Waals surface area (Å²) in [4.78, 5) is 7.07. The van der Waals surface area contributed by atoms with Gasteiger partial charge in [0.25, 0.3) is 0 Å². The van der Waals surface area contributed by atoms with E-state index in [1.54, 1.807) is 0 Å². The van der Waals surface area contributed by atoms with Gasteiger partial charge < -0.3 is 10.2 Å². The first-order chi connectivity index (χ1) is 9.20. The van der Waals surface area contributed by atoms with E-state index in [4.69, 9.17) is 4.98 Å². The van der Waals surface area contributed by atoms with Crippen molar-refractivity contribution in [3.63, 3.8) is 0 Å². The normalized spacial score (nSPS) is 16.6. The van der Waals surface area contributed by atoms with Crippen LogP contribution in [0, 0.1) is 12.8 Å². The molecule has 0 spiro atoms. The van der Waals surface area contributed by atoms with E-state index in [1.165, 1.54) is 37.7 Å². The zero-order valence-electron chi connectivity index (χ0n) is 12.6. The quantitative estimate of drug-likeness (QED) is 0.882. The molecule has 106 valence electrons. The molecule has 0 atom stereocenters. The molecule has 1 aromatic heterocycles. The average molecular weight is 261 g/mol. The van der Waals surface area contributed by atoms with Crippen molar-refractivity contribution in [1.82, 2.24) is 10.3 Å². The lowest BCUT2D eigenvalue weighted by atomic mass is 9.89. The number of nitrogens with zero attached hydrogens (tertiary/aromatic N) is 2. The van der Waals surface area contributed by atoms with Gasteiger partial charge in [-0.3, -0.25) is 0 Å². The lowest BCUT2D eigenvalue weighted by molar-refractivity contribution is 0.361. The van der Waals surface area contributed by atoms with E-state index in [0.717, 1.165) is 30.5 Å². The van der Waals surface area contributed by atoms with Gasteiger partial charge in [-0.15, -0.1) is 0 Å². The van der Waals surface area contributed by atoms with Crippen LogP contribution in [0.1, 0.15) is 43.4 Å². The first-order valence-corrected chi connectivity index (χ1v) is 7.53. The Morgan fingerprint density at radius 1 is 1.26 bits per heavy atom. The minimum Gasteiger partial charge on any atom is -0.359 e. The van der Waals surface area contributed by atoms with Crippen LogP contribution < -0.4 is 10.2 Å². The van der Waals surface area contributed by atoms with Crippen molar-refractivity contribution in [2.24, 2.45) is 5.92 Å². The van der Waals surface area contributed by atoms with Gasteiger partial charge in [0.2, 0.25) is 0 Å². The Bertz CT molecular complexity index is 397. The van der Waals surface area contributed by atoms with Gasteiger partial charge in [-0.1, -0.05) is 25.3 Å². The largest absolute Gasteiger partial charge is 0.359 e. The van der Waals surface area contributed by atoms with E-state index in [1.807, 2.05) is 7.05 Å². The molecule has 0 aromatic carbocycles. The van der Waals surface area contributed by atoms with Crippen molar-refractivity contribution in [3.05, 3.63) is 23.4 Å². The third-order valence-electron chi connectivity index (χ3n) is 4.20. The van der Waals surface area contributed by atoms with E-state index in [-0.39, 0.29) is 0 Å². The van der Waals surface area contributed by atoms with E-state index in [0.29, 0.717) is 0 Å². The van der Waals surface area contributed by atoms with E-state index < -0.39 is 0 Å². The second kappa shape index (κ2) is 6.90.